The molecule has 2 fully saturated rings. The normalized spacial score (nSPS) is 22.8. The first kappa shape index (κ1) is 27.3. The molecule has 0 amide bonds. The molecular weight excluding hydrogens is 531 g/mol. The van der Waals surface area contributed by atoms with Crippen molar-refractivity contribution < 1.29 is 26.3 Å². The number of hydrogen-bond donors (Lipinski definition) is 1. The number of halogens is 3. The Labute approximate surface area is 225 Å². The Morgan fingerprint density at radius 2 is 1.82 bits per heavy atom. The summed E-state index contributed by atoms with van der Waals surface area (Å²) in [6.07, 6.45) is 4.65. The summed E-state index contributed by atoms with van der Waals surface area (Å²) >= 11 is 0. The van der Waals surface area contributed by atoms with Crippen LogP contribution >= 0.6 is 0 Å². The Bertz CT molecular complexity index is 1350. The molecule has 12 heteroatoms. The van der Waals surface area contributed by atoms with E-state index in [1.807, 2.05) is 0 Å². The van der Waals surface area contributed by atoms with Gasteiger partial charge in [0.25, 0.3) is 10.0 Å². The number of sulfonamides is 1. The molecule has 5 rings (SSSR count). The first-order valence-corrected chi connectivity index (χ1v) is 14.5. The lowest BCUT2D eigenvalue weighted by atomic mass is 9.78. The standard InChI is InChI=1S/C27H30F3N5O3S/c28-27(29,30)21-6-4-5-19(15-21)20-7-9-24(23(16-20)35-13-2-1-3-14-35)38-26-10-8-22(17-32-26)39(36,37)34-25-11-12-31-18-33-25/h4-6,8,10-12,15,17-18,20,23-24H,1-3,7,9,13-14,16H2,(H,31,33,34)/t20-,23-,24-/m0/s1. The van der Waals surface area contributed by atoms with E-state index < -0.39 is 21.8 Å². The molecule has 1 saturated heterocycles. The number of rotatable bonds is 7. The van der Waals surface area contributed by atoms with Gasteiger partial charge in [0.15, 0.2) is 0 Å². The number of likely N-dealkylation sites (tertiary alicyclic amines) is 1. The first-order chi connectivity index (χ1) is 18.7. The van der Waals surface area contributed by atoms with Crippen molar-refractivity contribution in [1.82, 2.24) is 19.9 Å². The molecule has 1 aliphatic heterocycles. The lowest BCUT2D eigenvalue weighted by Crippen LogP contribution is -2.51. The monoisotopic (exact) mass is 561 g/mol. The predicted molar refractivity (Wildman–Crippen MR) is 139 cm³/mol. The fraction of sp³-hybridized carbons (Fsp3) is 0.444. The Hall–Kier alpha value is -3.25. The van der Waals surface area contributed by atoms with E-state index in [1.165, 1.54) is 49.1 Å². The minimum Gasteiger partial charge on any atom is -0.473 e. The van der Waals surface area contributed by atoms with E-state index in [2.05, 4.69) is 24.6 Å². The van der Waals surface area contributed by atoms with Gasteiger partial charge in [-0.1, -0.05) is 24.6 Å². The summed E-state index contributed by atoms with van der Waals surface area (Å²) in [5, 5.41) is 0. The van der Waals surface area contributed by atoms with Gasteiger partial charge in [-0.05, 0) is 74.9 Å². The van der Waals surface area contributed by atoms with Crippen LogP contribution in [0.1, 0.15) is 55.6 Å². The highest BCUT2D eigenvalue weighted by Gasteiger charge is 2.38. The van der Waals surface area contributed by atoms with Gasteiger partial charge in [0.2, 0.25) is 5.88 Å². The van der Waals surface area contributed by atoms with Crippen molar-refractivity contribution in [3.63, 3.8) is 0 Å². The predicted octanol–water partition coefficient (Wildman–Crippen LogP) is 5.26. The number of anilines is 1. The number of pyridine rings is 1. The second-order valence-electron chi connectivity index (χ2n) is 9.99. The molecule has 1 saturated carbocycles. The van der Waals surface area contributed by atoms with Crippen LogP contribution in [0.2, 0.25) is 0 Å². The lowest BCUT2D eigenvalue weighted by molar-refractivity contribution is -0.137. The van der Waals surface area contributed by atoms with Crippen molar-refractivity contribution in [2.75, 3.05) is 17.8 Å². The van der Waals surface area contributed by atoms with Crippen molar-refractivity contribution in [2.45, 2.75) is 67.7 Å². The third-order valence-corrected chi connectivity index (χ3v) is 8.75. The quantitative estimate of drug-likeness (QED) is 0.420. The first-order valence-electron chi connectivity index (χ1n) is 13.0. The fourth-order valence-corrected chi connectivity index (χ4v) is 6.41. The van der Waals surface area contributed by atoms with E-state index in [9.17, 15) is 21.6 Å². The molecule has 8 nitrogen and oxygen atoms in total. The van der Waals surface area contributed by atoms with Gasteiger partial charge in [-0.15, -0.1) is 0 Å². The second-order valence-corrected chi connectivity index (χ2v) is 11.7. The molecule has 2 aliphatic rings. The number of nitrogens with one attached hydrogen (secondary N) is 1. The maximum atomic E-state index is 13.3. The third-order valence-electron chi connectivity index (χ3n) is 7.41. The van der Waals surface area contributed by atoms with Crippen molar-refractivity contribution in [3.8, 4) is 5.88 Å². The zero-order valence-corrected chi connectivity index (χ0v) is 22.0. The summed E-state index contributed by atoms with van der Waals surface area (Å²) in [6.45, 7) is 1.83. The molecule has 208 valence electrons. The van der Waals surface area contributed by atoms with E-state index >= 15 is 0 Å². The van der Waals surface area contributed by atoms with Crippen LogP contribution in [0.15, 0.2) is 66.1 Å². The Balaban J connectivity index is 1.31. The average molecular weight is 562 g/mol. The molecule has 0 bridgehead atoms. The highest BCUT2D eigenvalue weighted by Crippen LogP contribution is 2.39. The zero-order chi connectivity index (χ0) is 27.5. The van der Waals surface area contributed by atoms with E-state index in [0.717, 1.165) is 38.4 Å². The third kappa shape index (κ3) is 6.67. The molecule has 3 aromatic rings. The van der Waals surface area contributed by atoms with Gasteiger partial charge in [0.1, 0.15) is 23.1 Å². The number of nitrogens with zero attached hydrogens (tertiary/aromatic N) is 4. The minimum atomic E-state index is -4.38. The molecule has 39 heavy (non-hydrogen) atoms. The summed E-state index contributed by atoms with van der Waals surface area (Å²) in [5.74, 6) is 0.445. The maximum absolute atomic E-state index is 13.3. The molecular formula is C27H30F3N5O3S. The number of alkyl halides is 3. The van der Waals surface area contributed by atoms with E-state index in [0.29, 0.717) is 30.7 Å². The summed E-state index contributed by atoms with van der Waals surface area (Å²) in [5.41, 5.74) is 0.0792. The number of hydrogen-bond acceptors (Lipinski definition) is 7. The number of piperidine rings is 1. The van der Waals surface area contributed by atoms with E-state index in [1.54, 1.807) is 6.07 Å². The summed E-state index contributed by atoms with van der Waals surface area (Å²) in [4.78, 5) is 14.3. The summed E-state index contributed by atoms with van der Waals surface area (Å²) < 4.78 is 74.1. The number of aromatic nitrogens is 3. The van der Waals surface area contributed by atoms with Gasteiger partial charge < -0.3 is 4.74 Å². The van der Waals surface area contributed by atoms with Gasteiger partial charge in [-0.3, -0.25) is 9.62 Å². The van der Waals surface area contributed by atoms with Crippen LogP contribution in [0.25, 0.3) is 0 Å². The van der Waals surface area contributed by atoms with Crippen molar-refractivity contribution in [2.24, 2.45) is 0 Å². The SMILES string of the molecule is O=S(=O)(Nc1ccncn1)c1ccc(O[C@H]2CC[C@H](c3cccc(C(F)(F)F)c3)C[C@@H]2N2CCCCC2)nc1. The Morgan fingerprint density at radius 1 is 1.00 bits per heavy atom. The molecule has 1 N–H and O–H groups in total. The van der Waals surface area contributed by atoms with Crippen LogP contribution in [0.4, 0.5) is 19.0 Å². The number of ether oxygens (including phenoxy) is 1. The topological polar surface area (TPSA) is 97.3 Å². The van der Waals surface area contributed by atoms with Gasteiger partial charge >= 0.3 is 6.18 Å². The molecule has 2 aromatic heterocycles. The highest BCUT2D eigenvalue weighted by atomic mass is 32.2. The van der Waals surface area contributed by atoms with Gasteiger partial charge in [0.05, 0.1) is 11.8 Å². The van der Waals surface area contributed by atoms with Crippen LogP contribution in [-0.4, -0.2) is 53.5 Å². The summed E-state index contributed by atoms with van der Waals surface area (Å²) in [6, 6.07) is 10.1. The Kier molecular flexibility index (Phi) is 8.03. The van der Waals surface area contributed by atoms with Crippen LogP contribution < -0.4 is 9.46 Å². The molecule has 3 heterocycles. The van der Waals surface area contributed by atoms with Crippen molar-refractivity contribution in [1.29, 1.82) is 0 Å². The maximum Gasteiger partial charge on any atom is 0.416 e. The van der Waals surface area contributed by atoms with Crippen LogP contribution in [0.5, 0.6) is 5.88 Å². The molecule has 0 unspecified atom stereocenters. The highest BCUT2D eigenvalue weighted by molar-refractivity contribution is 7.92. The zero-order valence-electron chi connectivity index (χ0n) is 21.2. The molecule has 0 spiro atoms. The molecule has 3 atom stereocenters. The van der Waals surface area contributed by atoms with Crippen LogP contribution in [0.3, 0.4) is 0 Å². The largest absolute Gasteiger partial charge is 0.473 e. The van der Waals surface area contributed by atoms with Crippen LogP contribution in [0, 0.1) is 0 Å². The molecule has 1 aromatic carbocycles. The van der Waals surface area contributed by atoms with Crippen molar-refractivity contribution in [3.05, 3.63) is 72.3 Å². The van der Waals surface area contributed by atoms with Gasteiger partial charge in [-0.25, -0.2) is 23.4 Å². The lowest BCUT2D eigenvalue weighted by Gasteiger charge is -2.44. The number of benzene rings is 1. The van der Waals surface area contributed by atoms with E-state index in [-0.39, 0.29) is 28.8 Å². The average Bonchev–Trinajstić information content (AvgIpc) is 2.94. The second kappa shape index (κ2) is 11.5. The molecule has 1 aliphatic carbocycles. The van der Waals surface area contributed by atoms with Gasteiger partial charge in [-0.2, -0.15) is 13.2 Å². The van der Waals surface area contributed by atoms with Crippen LogP contribution in [-0.2, 0) is 16.2 Å². The van der Waals surface area contributed by atoms with E-state index in [4.69, 9.17) is 4.74 Å². The molecule has 0 radical (unpaired) electrons. The smallest absolute Gasteiger partial charge is 0.416 e. The minimum absolute atomic E-state index is 0.00701. The fourth-order valence-electron chi connectivity index (χ4n) is 5.46. The van der Waals surface area contributed by atoms with Crippen molar-refractivity contribution >= 4 is 15.8 Å². The Morgan fingerprint density at radius 3 is 2.51 bits per heavy atom. The summed E-state index contributed by atoms with van der Waals surface area (Å²) in [7, 11) is -3.89. The van der Waals surface area contributed by atoms with Gasteiger partial charge in [0, 0.05) is 18.3 Å².